The molecule has 0 aliphatic heterocycles. The molecule has 0 saturated heterocycles. The molecule has 4 heteroatoms. The fourth-order valence-electron chi connectivity index (χ4n) is 1.12. The second kappa shape index (κ2) is 3.00. The Bertz CT molecular complexity index is 202. The van der Waals surface area contributed by atoms with Crippen LogP contribution in [0.4, 0.5) is 0 Å². The first-order chi connectivity index (χ1) is 5.17. The summed E-state index contributed by atoms with van der Waals surface area (Å²) in [5.41, 5.74) is 5.60. The van der Waals surface area contributed by atoms with Gasteiger partial charge >= 0.3 is 0 Å². The van der Waals surface area contributed by atoms with Gasteiger partial charge in [0.05, 0.1) is 5.54 Å². The molecular formula is C7H14N4. The van der Waals surface area contributed by atoms with Crippen LogP contribution in [-0.4, -0.2) is 15.2 Å². The van der Waals surface area contributed by atoms with E-state index in [9.17, 15) is 0 Å². The topological polar surface area (TPSA) is 67.6 Å². The van der Waals surface area contributed by atoms with E-state index >= 15 is 0 Å². The maximum atomic E-state index is 5.96. The molecule has 0 aliphatic rings. The van der Waals surface area contributed by atoms with Crippen molar-refractivity contribution in [1.82, 2.24) is 15.2 Å². The Hall–Kier alpha value is -0.900. The van der Waals surface area contributed by atoms with Crippen molar-refractivity contribution in [2.24, 2.45) is 5.73 Å². The Morgan fingerprint density at radius 3 is 2.91 bits per heavy atom. The molecule has 1 rings (SSSR count). The van der Waals surface area contributed by atoms with Crippen LogP contribution in [0, 0.1) is 0 Å². The van der Waals surface area contributed by atoms with Crippen LogP contribution in [0.2, 0.25) is 0 Å². The van der Waals surface area contributed by atoms with E-state index < -0.39 is 0 Å². The van der Waals surface area contributed by atoms with Crippen LogP contribution in [0.1, 0.15) is 32.5 Å². The van der Waals surface area contributed by atoms with Gasteiger partial charge in [-0.3, -0.25) is 5.10 Å². The third-order valence-corrected chi connectivity index (χ3v) is 1.73. The highest BCUT2D eigenvalue weighted by Crippen LogP contribution is 2.17. The van der Waals surface area contributed by atoms with E-state index in [2.05, 4.69) is 22.1 Å². The van der Waals surface area contributed by atoms with Crippen molar-refractivity contribution in [3.05, 3.63) is 12.2 Å². The Balaban J connectivity index is 2.73. The summed E-state index contributed by atoms with van der Waals surface area (Å²) in [7, 11) is 0. The van der Waals surface area contributed by atoms with Crippen LogP contribution in [0.3, 0.4) is 0 Å². The molecule has 1 aromatic heterocycles. The van der Waals surface area contributed by atoms with Gasteiger partial charge in [-0.05, 0) is 13.3 Å². The Morgan fingerprint density at radius 1 is 1.73 bits per heavy atom. The summed E-state index contributed by atoms with van der Waals surface area (Å²) in [4.78, 5) is 4.01. The third-order valence-electron chi connectivity index (χ3n) is 1.73. The van der Waals surface area contributed by atoms with Crippen molar-refractivity contribution in [3.8, 4) is 0 Å². The minimum atomic E-state index is -0.356. The molecular weight excluding hydrogens is 140 g/mol. The summed E-state index contributed by atoms with van der Waals surface area (Å²) in [6.07, 6.45) is 3.45. The number of rotatable bonds is 3. The number of aromatic amines is 1. The van der Waals surface area contributed by atoms with Gasteiger partial charge in [0, 0.05) is 0 Å². The minimum absolute atomic E-state index is 0.356. The predicted molar refractivity (Wildman–Crippen MR) is 42.8 cm³/mol. The second-order valence-electron chi connectivity index (χ2n) is 3.00. The number of nitrogens with one attached hydrogen (secondary N) is 1. The van der Waals surface area contributed by atoms with Gasteiger partial charge in [-0.25, -0.2) is 4.98 Å². The van der Waals surface area contributed by atoms with Gasteiger partial charge < -0.3 is 5.73 Å². The summed E-state index contributed by atoms with van der Waals surface area (Å²) in [5, 5.41) is 6.53. The zero-order valence-corrected chi connectivity index (χ0v) is 6.96. The maximum Gasteiger partial charge on any atom is 0.144 e. The molecule has 0 aromatic carbocycles. The summed E-state index contributed by atoms with van der Waals surface area (Å²) in [6.45, 7) is 4.05. The van der Waals surface area contributed by atoms with Crippen molar-refractivity contribution >= 4 is 0 Å². The summed E-state index contributed by atoms with van der Waals surface area (Å²) in [5.74, 6) is 0.763. The van der Waals surface area contributed by atoms with Crippen LogP contribution >= 0.6 is 0 Å². The first kappa shape index (κ1) is 8.20. The van der Waals surface area contributed by atoms with Gasteiger partial charge in [0.15, 0.2) is 0 Å². The summed E-state index contributed by atoms with van der Waals surface area (Å²) < 4.78 is 0. The van der Waals surface area contributed by atoms with Crippen LogP contribution in [0.5, 0.6) is 0 Å². The Morgan fingerprint density at radius 2 is 2.45 bits per heavy atom. The van der Waals surface area contributed by atoms with E-state index in [1.807, 2.05) is 6.92 Å². The molecule has 1 atom stereocenters. The van der Waals surface area contributed by atoms with Gasteiger partial charge in [-0.15, -0.1) is 0 Å². The lowest BCUT2D eigenvalue weighted by molar-refractivity contribution is 0.421. The fraction of sp³-hybridized carbons (Fsp3) is 0.714. The fourth-order valence-corrected chi connectivity index (χ4v) is 1.12. The molecule has 1 aromatic rings. The first-order valence-electron chi connectivity index (χ1n) is 3.81. The number of hydrogen-bond donors (Lipinski definition) is 2. The molecule has 1 unspecified atom stereocenters. The normalized spacial score (nSPS) is 16.3. The van der Waals surface area contributed by atoms with Crippen LogP contribution < -0.4 is 5.73 Å². The lowest BCUT2D eigenvalue weighted by atomic mass is 9.97. The number of H-pyrrole nitrogens is 1. The first-order valence-corrected chi connectivity index (χ1v) is 3.81. The van der Waals surface area contributed by atoms with Gasteiger partial charge in [0.1, 0.15) is 12.2 Å². The lowest BCUT2D eigenvalue weighted by Gasteiger charge is -2.20. The number of aromatic nitrogens is 3. The van der Waals surface area contributed by atoms with Gasteiger partial charge in [-0.1, -0.05) is 13.3 Å². The molecule has 11 heavy (non-hydrogen) atoms. The monoisotopic (exact) mass is 154 g/mol. The van der Waals surface area contributed by atoms with Crippen molar-refractivity contribution in [2.45, 2.75) is 32.2 Å². The number of hydrogen-bond acceptors (Lipinski definition) is 3. The van der Waals surface area contributed by atoms with E-state index in [4.69, 9.17) is 5.73 Å². The van der Waals surface area contributed by atoms with E-state index in [0.29, 0.717) is 0 Å². The maximum absolute atomic E-state index is 5.96. The molecule has 3 N–H and O–H groups in total. The van der Waals surface area contributed by atoms with E-state index in [-0.39, 0.29) is 5.54 Å². The van der Waals surface area contributed by atoms with Crippen molar-refractivity contribution in [2.75, 3.05) is 0 Å². The summed E-state index contributed by atoms with van der Waals surface area (Å²) in [6, 6.07) is 0. The number of nitrogens with two attached hydrogens (primary N) is 1. The quantitative estimate of drug-likeness (QED) is 0.676. The SMILES string of the molecule is CCCC(C)(N)c1ncn[nH]1. The molecule has 0 spiro atoms. The predicted octanol–water partition coefficient (Wildman–Crippen LogP) is 0.779. The average molecular weight is 154 g/mol. The zero-order valence-electron chi connectivity index (χ0n) is 6.96. The van der Waals surface area contributed by atoms with Crippen molar-refractivity contribution in [3.63, 3.8) is 0 Å². The molecule has 4 nitrogen and oxygen atoms in total. The molecule has 0 radical (unpaired) electrons. The molecule has 0 saturated carbocycles. The number of nitrogens with zero attached hydrogens (tertiary/aromatic N) is 2. The standard InChI is InChI=1S/C7H14N4/c1-3-4-7(2,8)6-9-5-10-11-6/h5H,3-4,8H2,1-2H3,(H,9,10,11). The Labute approximate surface area is 66.2 Å². The third kappa shape index (κ3) is 1.77. The van der Waals surface area contributed by atoms with Gasteiger partial charge in [0.2, 0.25) is 0 Å². The molecule has 0 amide bonds. The van der Waals surface area contributed by atoms with E-state index in [1.54, 1.807) is 0 Å². The van der Waals surface area contributed by atoms with E-state index in [1.165, 1.54) is 6.33 Å². The largest absolute Gasteiger partial charge is 0.319 e. The highest BCUT2D eigenvalue weighted by Gasteiger charge is 2.22. The Kier molecular flexibility index (Phi) is 2.24. The van der Waals surface area contributed by atoms with Crippen molar-refractivity contribution < 1.29 is 0 Å². The molecule has 1 heterocycles. The molecule has 0 fully saturated rings. The van der Waals surface area contributed by atoms with Crippen LogP contribution in [0.15, 0.2) is 6.33 Å². The smallest absolute Gasteiger partial charge is 0.144 e. The van der Waals surface area contributed by atoms with Gasteiger partial charge in [0.25, 0.3) is 0 Å². The molecule has 0 bridgehead atoms. The summed E-state index contributed by atoms with van der Waals surface area (Å²) >= 11 is 0. The zero-order chi connectivity index (χ0) is 8.32. The molecule has 62 valence electrons. The second-order valence-corrected chi connectivity index (χ2v) is 3.00. The van der Waals surface area contributed by atoms with Crippen LogP contribution in [-0.2, 0) is 5.54 Å². The lowest BCUT2D eigenvalue weighted by Crippen LogP contribution is -2.34. The highest BCUT2D eigenvalue weighted by molar-refractivity contribution is 4.99. The minimum Gasteiger partial charge on any atom is -0.319 e. The van der Waals surface area contributed by atoms with E-state index in [0.717, 1.165) is 18.7 Å². The highest BCUT2D eigenvalue weighted by atomic mass is 15.2. The van der Waals surface area contributed by atoms with Crippen molar-refractivity contribution in [1.29, 1.82) is 0 Å². The van der Waals surface area contributed by atoms with Gasteiger partial charge in [-0.2, -0.15) is 5.10 Å². The molecule has 0 aliphatic carbocycles. The average Bonchev–Trinajstić information content (AvgIpc) is 2.37. The van der Waals surface area contributed by atoms with Crippen LogP contribution in [0.25, 0.3) is 0 Å².